The summed E-state index contributed by atoms with van der Waals surface area (Å²) in [4.78, 5) is 0. The van der Waals surface area contributed by atoms with E-state index in [1.54, 1.807) is 11.8 Å². The number of nitrogens with zero attached hydrogens (tertiary/aromatic N) is 2. The average Bonchev–Trinajstić information content (AvgIpc) is 1.86. The van der Waals surface area contributed by atoms with Crippen molar-refractivity contribution in [1.29, 1.82) is 0 Å². The molecule has 4 heteroatoms. The first-order valence-corrected chi connectivity index (χ1v) is 3.28. The molecule has 0 unspecified atom stereocenters. The monoisotopic (exact) mass is 166 g/mol. The standard InChI is InChI=1S/C2H2N2SSe/c6-2-4-3-1-5-2/h1H2. The van der Waals surface area contributed by atoms with Crippen molar-refractivity contribution >= 4 is 31.2 Å². The summed E-state index contributed by atoms with van der Waals surface area (Å²) in [5, 5.41) is 7.37. The molecule has 6 heavy (non-hydrogen) atoms. The van der Waals surface area contributed by atoms with E-state index in [9.17, 15) is 0 Å². The predicted molar refractivity (Wildman–Crippen MR) is 28.1 cm³/mol. The number of rotatable bonds is 0. The molecule has 0 saturated carbocycles. The summed E-state index contributed by atoms with van der Waals surface area (Å²) in [6.07, 6.45) is 0. The van der Waals surface area contributed by atoms with E-state index in [2.05, 4.69) is 25.8 Å². The Hall–Kier alpha value is 0.339. The maximum absolute atomic E-state index is 3.69. The Bertz CT molecular complexity index is 99.7. The summed E-state index contributed by atoms with van der Waals surface area (Å²) in [5.74, 6) is 0.794. The molecule has 1 heterocycles. The zero-order valence-corrected chi connectivity index (χ0v) is 5.45. The number of azo groups is 1. The quantitative estimate of drug-likeness (QED) is 0.477. The van der Waals surface area contributed by atoms with E-state index in [4.69, 9.17) is 0 Å². The molecule has 0 N–H and O–H groups in total. The van der Waals surface area contributed by atoms with Gasteiger partial charge in [-0.1, -0.05) is 0 Å². The van der Waals surface area contributed by atoms with Gasteiger partial charge in [-0.2, -0.15) is 0 Å². The first kappa shape index (κ1) is 4.50. The topological polar surface area (TPSA) is 24.7 Å². The van der Waals surface area contributed by atoms with Crippen molar-refractivity contribution in [3.05, 3.63) is 0 Å². The van der Waals surface area contributed by atoms with Crippen LogP contribution in [-0.2, 0) is 0 Å². The van der Waals surface area contributed by atoms with Gasteiger partial charge in [-0.05, 0) is 0 Å². The first-order chi connectivity index (χ1) is 2.89. The van der Waals surface area contributed by atoms with Gasteiger partial charge in [0.2, 0.25) is 0 Å². The molecule has 0 aromatic heterocycles. The van der Waals surface area contributed by atoms with Crippen molar-refractivity contribution in [3.8, 4) is 0 Å². The first-order valence-electron chi connectivity index (χ1n) is 1.44. The van der Waals surface area contributed by atoms with Crippen LogP contribution in [0, 0.1) is 0 Å². The summed E-state index contributed by atoms with van der Waals surface area (Å²) in [6.45, 7) is 0. The number of hydrogen-bond donors (Lipinski definition) is 0. The van der Waals surface area contributed by atoms with Gasteiger partial charge in [0.05, 0.1) is 0 Å². The SMILES string of the molecule is [Se]=C1N=NCS1. The van der Waals surface area contributed by atoms with E-state index in [0.717, 1.165) is 9.75 Å². The molecule has 0 spiro atoms. The summed E-state index contributed by atoms with van der Waals surface area (Å²) in [7, 11) is 0. The van der Waals surface area contributed by atoms with Crippen molar-refractivity contribution in [2.24, 2.45) is 10.2 Å². The average molecular weight is 165 g/mol. The minimum absolute atomic E-state index is 0.794. The van der Waals surface area contributed by atoms with Gasteiger partial charge < -0.3 is 0 Å². The zero-order valence-electron chi connectivity index (χ0n) is 2.92. The van der Waals surface area contributed by atoms with E-state index in [0.29, 0.717) is 0 Å². The van der Waals surface area contributed by atoms with Crippen LogP contribution >= 0.6 is 11.8 Å². The number of hydrogen-bond acceptors (Lipinski definition) is 3. The second-order valence-corrected chi connectivity index (χ2v) is 3.11. The maximum atomic E-state index is 3.69. The van der Waals surface area contributed by atoms with E-state index in [1.165, 1.54) is 0 Å². The van der Waals surface area contributed by atoms with Crippen LogP contribution in [0.3, 0.4) is 0 Å². The molecule has 0 bridgehead atoms. The molecule has 0 amide bonds. The van der Waals surface area contributed by atoms with Crippen molar-refractivity contribution in [2.45, 2.75) is 0 Å². The Morgan fingerprint density at radius 1 is 1.83 bits per heavy atom. The Kier molecular flexibility index (Phi) is 1.40. The second-order valence-electron chi connectivity index (χ2n) is 0.781. The van der Waals surface area contributed by atoms with Gasteiger partial charge in [-0.15, -0.1) is 0 Å². The summed E-state index contributed by atoms with van der Waals surface area (Å²) in [5.41, 5.74) is 0. The third kappa shape index (κ3) is 0.898. The van der Waals surface area contributed by atoms with Crippen molar-refractivity contribution in [3.63, 3.8) is 0 Å². The van der Waals surface area contributed by atoms with Crippen molar-refractivity contribution in [2.75, 3.05) is 5.88 Å². The van der Waals surface area contributed by atoms with Crippen LogP contribution in [0.1, 0.15) is 0 Å². The summed E-state index contributed by atoms with van der Waals surface area (Å²) < 4.78 is 0.954. The van der Waals surface area contributed by atoms with Crippen LogP contribution in [0.4, 0.5) is 0 Å². The van der Waals surface area contributed by atoms with Crippen LogP contribution in [0.2, 0.25) is 0 Å². The normalized spacial score (nSPS) is 19.7. The minimum atomic E-state index is 0.794. The molecule has 1 aliphatic rings. The summed E-state index contributed by atoms with van der Waals surface area (Å²) in [6, 6.07) is 0. The molecule has 0 fully saturated rings. The fraction of sp³-hybridized carbons (Fsp3) is 0.500. The molecular formula is C2H2N2SSe. The Balaban J connectivity index is 2.59. The van der Waals surface area contributed by atoms with E-state index in [-0.39, 0.29) is 0 Å². The van der Waals surface area contributed by atoms with Crippen LogP contribution in [0.25, 0.3) is 0 Å². The molecule has 0 radical (unpaired) electrons. The molecule has 2 nitrogen and oxygen atoms in total. The molecule has 1 aliphatic heterocycles. The molecule has 0 aliphatic carbocycles. The van der Waals surface area contributed by atoms with E-state index in [1.807, 2.05) is 0 Å². The van der Waals surface area contributed by atoms with Crippen LogP contribution < -0.4 is 0 Å². The molecule has 0 atom stereocenters. The molecule has 1 rings (SSSR count). The van der Waals surface area contributed by atoms with Gasteiger partial charge in [0, 0.05) is 0 Å². The van der Waals surface area contributed by atoms with Gasteiger partial charge >= 0.3 is 47.3 Å². The Morgan fingerprint density at radius 2 is 2.67 bits per heavy atom. The molecule has 0 saturated heterocycles. The zero-order chi connectivity index (χ0) is 4.41. The second kappa shape index (κ2) is 1.87. The predicted octanol–water partition coefficient (Wildman–Crippen LogP) is 0.399. The fourth-order valence-electron chi connectivity index (χ4n) is 0.200. The van der Waals surface area contributed by atoms with Gasteiger partial charge in [-0.3, -0.25) is 0 Å². The third-order valence-electron chi connectivity index (χ3n) is 0.398. The Morgan fingerprint density at radius 3 is 2.83 bits per heavy atom. The van der Waals surface area contributed by atoms with Crippen molar-refractivity contribution in [1.82, 2.24) is 0 Å². The molecule has 0 aromatic rings. The van der Waals surface area contributed by atoms with Gasteiger partial charge in [0.25, 0.3) is 0 Å². The van der Waals surface area contributed by atoms with Gasteiger partial charge in [0.15, 0.2) is 0 Å². The van der Waals surface area contributed by atoms with Crippen LogP contribution in [-0.4, -0.2) is 25.3 Å². The van der Waals surface area contributed by atoms with Crippen LogP contribution in [0.5, 0.6) is 0 Å². The van der Waals surface area contributed by atoms with Crippen molar-refractivity contribution < 1.29 is 0 Å². The fourth-order valence-corrected chi connectivity index (χ4v) is 0.994. The van der Waals surface area contributed by atoms with Gasteiger partial charge in [0.1, 0.15) is 0 Å². The van der Waals surface area contributed by atoms with Crippen LogP contribution in [0.15, 0.2) is 10.2 Å². The molecular weight excluding hydrogens is 163 g/mol. The summed E-state index contributed by atoms with van der Waals surface area (Å²) >= 11 is 4.38. The van der Waals surface area contributed by atoms with Gasteiger partial charge in [-0.25, -0.2) is 0 Å². The van der Waals surface area contributed by atoms with E-state index < -0.39 is 0 Å². The molecule has 0 aromatic carbocycles. The Labute approximate surface area is 47.8 Å². The van der Waals surface area contributed by atoms with E-state index >= 15 is 0 Å². The number of thioether (sulfide) groups is 1. The third-order valence-corrected chi connectivity index (χ3v) is 1.88. The molecule has 32 valence electrons.